The Morgan fingerprint density at radius 2 is 1.81 bits per heavy atom. The average molecular weight is 367 g/mol. The van der Waals surface area contributed by atoms with Gasteiger partial charge >= 0.3 is 0 Å². The number of nitro groups is 1. The number of methoxy groups -OCH3 is 2. The van der Waals surface area contributed by atoms with Crippen LogP contribution in [0.5, 0.6) is 11.5 Å². The molecule has 1 aliphatic heterocycles. The monoisotopic (exact) mass is 367 g/mol. The summed E-state index contributed by atoms with van der Waals surface area (Å²) in [7, 11) is 3.07. The summed E-state index contributed by atoms with van der Waals surface area (Å²) in [5.41, 5.74) is 2.01. The molecule has 0 unspecified atom stereocenters. The van der Waals surface area contributed by atoms with E-state index in [1.54, 1.807) is 32.2 Å². The maximum Gasteiger partial charge on any atom is 0.280 e. The summed E-state index contributed by atoms with van der Waals surface area (Å²) in [6, 6.07) is 11.0. The van der Waals surface area contributed by atoms with Crippen LogP contribution in [0.1, 0.15) is 12.5 Å². The largest absolute Gasteiger partial charge is 0.493 e. The molecule has 27 heavy (non-hydrogen) atoms. The lowest BCUT2D eigenvalue weighted by atomic mass is 10.1. The van der Waals surface area contributed by atoms with Crippen LogP contribution in [0.3, 0.4) is 0 Å². The fourth-order valence-corrected chi connectivity index (χ4v) is 2.76. The third kappa shape index (κ3) is 3.37. The number of nitrogens with zero attached hydrogens (tertiary/aromatic N) is 3. The smallest absolute Gasteiger partial charge is 0.280 e. The van der Waals surface area contributed by atoms with Crippen molar-refractivity contribution >= 4 is 29.1 Å². The Balaban J connectivity index is 1.96. The number of hydrogen-bond donors (Lipinski definition) is 0. The normalized spacial score (nSPS) is 15.1. The van der Waals surface area contributed by atoms with Gasteiger partial charge < -0.3 is 9.47 Å². The van der Waals surface area contributed by atoms with Gasteiger partial charge in [0, 0.05) is 17.7 Å². The Hall–Kier alpha value is -3.68. The zero-order chi connectivity index (χ0) is 19.6. The predicted octanol–water partition coefficient (Wildman–Crippen LogP) is 3.42. The third-order valence-electron chi connectivity index (χ3n) is 4.10. The molecule has 8 nitrogen and oxygen atoms in total. The number of anilines is 1. The summed E-state index contributed by atoms with van der Waals surface area (Å²) in [5.74, 6) is 0.743. The number of ether oxygens (including phenoxy) is 2. The molecule has 0 bridgehead atoms. The molecule has 1 amide bonds. The number of nitro benzene ring substituents is 1. The second kappa shape index (κ2) is 7.28. The van der Waals surface area contributed by atoms with Crippen molar-refractivity contribution in [2.75, 3.05) is 19.2 Å². The van der Waals surface area contributed by atoms with Gasteiger partial charge in [-0.1, -0.05) is 12.1 Å². The van der Waals surface area contributed by atoms with E-state index in [1.165, 1.54) is 36.4 Å². The van der Waals surface area contributed by atoms with Crippen molar-refractivity contribution < 1.29 is 19.2 Å². The number of carbonyl (C=O) groups excluding carboxylic acids is 1. The third-order valence-corrected chi connectivity index (χ3v) is 4.10. The first-order chi connectivity index (χ1) is 13.0. The topological polar surface area (TPSA) is 94.3 Å². The standard InChI is InChI=1S/C19H17N3O5/c1-12-16(11-13-5-4-6-17(26-2)18(13)27-3)19(23)21(20-12)14-7-9-15(10-8-14)22(24)25/h4-11H,1-3H3. The molecule has 0 N–H and O–H groups in total. The van der Waals surface area contributed by atoms with Crippen molar-refractivity contribution in [3.05, 3.63) is 63.7 Å². The van der Waals surface area contributed by atoms with Crippen LogP contribution in [0.15, 0.2) is 53.1 Å². The molecular formula is C19H17N3O5. The van der Waals surface area contributed by atoms with E-state index in [0.29, 0.717) is 34.0 Å². The van der Waals surface area contributed by atoms with Gasteiger partial charge in [0.2, 0.25) is 0 Å². The van der Waals surface area contributed by atoms with Crippen LogP contribution >= 0.6 is 0 Å². The highest BCUT2D eigenvalue weighted by atomic mass is 16.6. The molecule has 0 spiro atoms. The lowest BCUT2D eigenvalue weighted by Gasteiger charge is -2.12. The van der Waals surface area contributed by atoms with E-state index >= 15 is 0 Å². The molecule has 0 fully saturated rings. The van der Waals surface area contributed by atoms with E-state index in [-0.39, 0.29) is 11.6 Å². The first kappa shape index (κ1) is 18.1. The summed E-state index contributed by atoms with van der Waals surface area (Å²) in [6.45, 7) is 1.72. The van der Waals surface area contributed by atoms with E-state index in [9.17, 15) is 14.9 Å². The Bertz CT molecular complexity index is 964. The maximum atomic E-state index is 12.8. The molecule has 0 aromatic heterocycles. The molecule has 1 aliphatic rings. The Labute approximate surface area is 155 Å². The van der Waals surface area contributed by atoms with Crippen LogP contribution in [0, 0.1) is 10.1 Å². The minimum absolute atomic E-state index is 0.0528. The highest BCUT2D eigenvalue weighted by molar-refractivity contribution is 6.32. The maximum absolute atomic E-state index is 12.8. The average Bonchev–Trinajstić information content (AvgIpc) is 2.96. The van der Waals surface area contributed by atoms with E-state index < -0.39 is 4.92 Å². The van der Waals surface area contributed by atoms with Crippen LogP contribution in [0.4, 0.5) is 11.4 Å². The van der Waals surface area contributed by atoms with Gasteiger partial charge in [0.25, 0.3) is 11.6 Å². The van der Waals surface area contributed by atoms with Crippen molar-refractivity contribution in [2.24, 2.45) is 5.10 Å². The van der Waals surface area contributed by atoms with Crippen molar-refractivity contribution in [1.29, 1.82) is 0 Å². The summed E-state index contributed by atoms with van der Waals surface area (Å²) in [6.07, 6.45) is 1.69. The SMILES string of the molecule is COc1cccc(C=C2C(=O)N(c3ccc([N+](=O)[O-])cc3)N=C2C)c1OC. The van der Waals surface area contributed by atoms with Crippen molar-refractivity contribution in [3.63, 3.8) is 0 Å². The number of non-ortho nitro benzene ring substituents is 1. The van der Waals surface area contributed by atoms with Gasteiger partial charge in [0.15, 0.2) is 11.5 Å². The van der Waals surface area contributed by atoms with Gasteiger partial charge in [0.1, 0.15) is 0 Å². The van der Waals surface area contributed by atoms with Crippen LogP contribution in [0.25, 0.3) is 6.08 Å². The minimum atomic E-state index is -0.496. The molecule has 0 radical (unpaired) electrons. The number of hydrazone groups is 1. The van der Waals surface area contributed by atoms with Crippen molar-refractivity contribution in [2.45, 2.75) is 6.92 Å². The Morgan fingerprint density at radius 1 is 1.11 bits per heavy atom. The molecule has 2 aromatic rings. The van der Waals surface area contributed by atoms with Gasteiger partial charge in [-0.05, 0) is 31.2 Å². The van der Waals surface area contributed by atoms with Crippen LogP contribution in [-0.2, 0) is 4.79 Å². The number of hydrogen-bond acceptors (Lipinski definition) is 6. The van der Waals surface area contributed by atoms with Gasteiger partial charge in [-0.25, -0.2) is 0 Å². The lowest BCUT2D eigenvalue weighted by molar-refractivity contribution is -0.384. The molecule has 0 aliphatic carbocycles. The predicted molar refractivity (Wildman–Crippen MR) is 101 cm³/mol. The van der Waals surface area contributed by atoms with Gasteiger partial charge in [-0.15, -0.1) is 0 Å². The quantitative estimate of drug-likeness (QED) is 0.458. The summed E-state index contributed by atoms with van der Waals surface area (Å²) >= 11 is 0. The fraction of sp³-hybridized carbons (Fsp3) is 0.158. The van der Waals surface area contributed by atoms with Gasteiger partial charge in [-0.3, -0.25) is 14.9 Å². The first-order valence-corrected chi connectivity index (χ1v) is 8.03. The van der Waals surface area contributed by atoms with Crippen LogP contribution < -0.4 is 14.5 Å². The van der Waals surface area contributed by atoms with Crippen LogP contribution in [-0.4, -0.2) is 30.8 Å². The molecule has 0 saturated carbocycles. The zero-order valence-corrected chi connectivity index (χ0v) is 15.0. The van der Waals surface area contributed by atoms with Gasteiger partial charge in [-0.2, -0.15) is 10.1 Å². The summed E-state index contributed by atoms with van der Waals surface area (Å²) in [5, 5.41) is 16.3. The summed E-state index contributed by atoms with van der Waals surface area (Å²) in [4.78, 5) is 23.1. The second-order valence-corrected chi connectivity index (χ2v) is 5.72. The van der Waals surface area contributed by atoms with E-state index in [1.807, 2.05) is 6.07 Å². The van der Waals surface area contributed by atoms with E-state index in [4.69, 9.17) is 9.47 Å². The first-order valence-electron chi connectivity index (χ1n) is 8.03. The fourth-order valence-electron chi connectivity index (χ4n) is 2.76. The Morgan fingerprint density at radius 3 is 2.41 bits per heavy atom. The second-order valence-electron chi connectivity index (χ2n) is 5.72. The van der Waals surface area contributed by atoms with Crippen LogP contribution in [0.2, 0.25) is 0 Å². The van der Waals surface area contributed by atoms with Gasteiger partial charge in [0.05, 0.1) is 36.1 Å². The molecule has 138 valence electrons. The summed E-state index contributed by atoms with van der Waals surface area (Å²) < 4.78 is 10.7. The molecule has 1 heterocycles. The highest BCUT2D eigenvalue weighted by Gasteiger charge is 2.29. The van der Waals surface area contributed by atoms with Crippen molar-refractivity contribution in [1.82, 2.24) is 0 Å². The number of carbonyl (C=O) groups is 1. The molecule has 2 aromatic carbocycles. The molecule has 0 saturated heterocycles. The highest BCUT2D eigenvalue weighted by Crippen LogP contribution is 2.34. The zero-order valence-electron chi connectivity index (χ0n) is 15.0. The molecule has 0 atom stereocenters. The van der Waals surface area contributed by atoms with E-state index in [0.717, 1.165) is 0 Å². The molecular weight excluding hydrogens is 350 g/mol. The minimum Gasteiger partial charge on any atom is -0.493 e. The van der Waals surface area contributed by atoms with Crippen molar-refractivity contribution in [3.8, 4) is 11.5 Å². The molecule has 8 heteroatoms. The number of benzene rings is 2. The molecule has 3 rings (SSSR count). The number of amides is 1. The Kier molecular flexibility index (Phi) is 4.89. The lowest BCUT2D eigenvalue weighted by Crippen LogP contribution is -2.21. The number of para-hydroxylation sites is 1. The number of rotatable bonds is 5. The van der Waals surface area contributed by atoms with E-state index in [2.05, 4.69) is 5.10 Å².